The Morgan fingerprint density at radius 2 is 2.00 bits per heavy atom. The molecule has 0 aromatic carbocycles. The zero-order chi connectivity index (χ0) is 17.0. The van der Waals surface area contributed by atoms with E-state index in [1.165, 1.54) is 20.3 Å². The maximum absolute atomic E-state index is 12.4. The largest absolute Gasteiger partial charge is 0.481 e. The molecule has 2 amide bonds. The van der Waals surface area contributed by atoms with E-state index in [1.807, 2.05) is 11.9 Å². The van der Waals surface area contributed by atoms with Crippen molar-refractivity contribution in [3.8, 4) is 11.9 Å². The summed E-state index contributed by atoms with van der Waals surface area (Å²) in [6, 6.07) is 1.17. The van der Waals surface area contributed by atoms with Crippen molar-refractivity contribution in [1.29, 1.82) is 0 Å². The van der Waals surface area contributed by atoms with Gasteiger partial charge in [0.15, 0.2) is 0 Å². The Hall–Kier alpha value is -2.42. The molecule has 2 atom stereocenters. The summed E-state index contributed by atoms with van der Waals surface area (Å²) < 4.78 is 9.98. The van der Waals surface area contributed by atoms with Crippen molar-refractivity contribution in [2.24, 2.45) is 5.92 Å². The van der Waals surface area contributed by atoms with Crippen molar-refractivity contribution in [1.82, 2.24) is 25.5 Å². The minimum atomic E-state index is -0.404. The molecule has 0 saturated carbocycles. The number of aromatic nitrogens is 2. The van der Waals surface area contributed by atoms with Crippen LogP contribution in [0.2, 0.25) is 0 Å². The number of likely N-dealkylation sites (tertiary alicyclic amines) is 1. The van der Waals surface area contributed by atoms with Crippen LogP contribution in [0.15, 0.2) is 6.07 Å². The molecule has 1 aliphatic rings. The lowest BCUT2D eigenvalue weighted by Crippen LogP contribution is -2.45. The van der Waals surface area contributed by atoms with Crippen LogP contribution < -0.4 is 20.1 Å². The molecular formula is C14H21N5O4. The molecule has 1 aromatic heterocycles. The molecule has 1 aromatic rings. The van der Waals surface area contributed by atoms with Gasteiger partial charge in [-0.25, -0.2) is 0 Å². The predicted octanol–water partition coefficient (Wildman–Crippen LogP) is -1.10. The second kappa shape index (κ2) is 7.23. The lowest BCUT2D eigenvalue weighted by molar-refractivity contribution is -0.124. The highest BCUT2D eigenvalue weighted by Crippen LogP contribution is 2.18. The molecule has 9 nitrogen and oxygen atoms in total. The first-order chi connectivity index (χ1) is 11.0. The van der Waals surface area contributed by atoms with E-state index in [0.29, 0.717) is 13.1 Å². The van der Waals surface area contributed by atoms with Crippen LogP contribution in [-0.4, -0.2) is 74.1 Å². The SMILES string of the molecule is CNC(=O)[C@@H]1CN(C)C[C@@H]1NC(=O)c1cc(OC)nc(OC)n1. The minimum absolute atomic E-state index is 0.0425. The third-order valence-corrected chi connectivity index (χ3v) is 3.71. The quantitative estimate of drug-likeness (QED) is 0.708. The smallest absolute Gasteiger partial charge is 0.320 e. The van der Waals surface area contributed by atoms with Crippen LogP contribution in [0.3, 0.4) is 0 Å². The van der Waals surface area contributed by atoms with Crippen LogP contribution in [-0.2, 0) is 4.79 Å². The summed E-state index contributed by atoms with van der Waals surface area (Å²) in [6.45, 7) is 1.17. The van der Waals surface area contributed by atoms with Crippen LogP contribution in [0.5, 0.6) is 11.9 Å². The van der Waals surface area contributed by atoms with Gasteiger partial charge in [-0.15, -0.1) is 0 Å². The van der Waals surface area contributed by atoms with Gasteiger partial charge in [-0.1, -0.05) is 0 Å². The summed E-state index contributed by atoms with van der Waals surface area (Å²) in [5.74, 6) is -0.580. The van der Waals surface area contributed by atoms with Crippen molar-refractivity contribution in [3.05, 3.63) is 11.8 Å². The standard InChI is InChI=1S/C14H21N5O4/c1-15-12(20)8-6-19(2)7-10(8)16-13(21)9-5-11(22-3)18-14(17-9)23-4/h5,8,10H,6-7H2,1-4H3,(H,15,20)(H,16,21)/t8-,10+/m1/s1. The summed E-state index contributed by atoms with van der Waals surface area (Å²) in [5, 5.41) is 5.48. The number of methoxy groups -OCH3 is 2. The number of carbonyl (C=O) groups is 2. The summed E-state index contributed by atoms with van der Waals surface area (Å²) in [5.41, 5.74) is 0.124. The lowest BCUT2D eigenvalue weighted by Gasteiger charge is -2.18. The first kappa shape index (κ1) is 16.9. The van der Waals surface area contributed by atoms with Gasteiger partial charge in [0, 0.05) is 26.2 Å². The van der Waals surface area contributed by atoms with Crippen LogP contribution in [0, 0.1) is 5.92 Å². The van der Waals surface area contributed by atoms with Crippen LogP contribution >= 0.6 is 0 Å². The molecule has 0 aliphatic carbocycles. The van der Waals surface area contributed by atoms with E-state index in [4.69, 9.17) is 9.47 Å². The molecule has 2 rings (SSSR count). The Morgan fingerprint density at radius 1 is 1.26 bits per heavy atom. The Morgan fingerprint density at radius 3 is 2.61 bits per heavy atom. The highest BCUT2D eigenvalue weighted by atomic mass is 16.5. The molecule has 23 heavy (non-hydrogen) atoms. The Balaban J connectivity index is 2.16. The predicted molar refractivity (Wildman–Crippen MR) is 81.4 cm³/mol. The summed E-state index contributed by atoms with van der Waals surface area (Å²) >= 11 is 0. The van der Waals surface area contributed by atoms with E-state index in [2.05, 4.69) is 20.6 Å². The number of hydrogen-bond acceptors (Lipinski definition) is 7. The summed E-state index contributed by atoms with van der Waals surface area (Å²) in [7, 11) is 6.33. The molecular weight excluding hydrogens is 302 g/mol. The molecule has 0 spiro atoms. The summed E-state index contributed by atoms with van der Waals surface area (Å²) in [6.07, 6.45) is 0. The number of hydrogen-bond donors (Lipinski definition) is 2. The van der Waals surface area contributed by atoms with E-state index in [0.717, 1.165) is 0 Å². The maximum Gasteiger partial charge on any atom is 0.320 e. The second-order valence-electron chi connectivity index (χ2n) is 5.30. The van der Waals surface area contributed by atoms with Gasteiger partial charge in [0.25, 0.3) is 5.91 Å². The molecule has 9 heteroatoms. The Bertz CT molecular complexity index is 572. The highest BCUT2D eigenvalue weighted by Gasteiger charge is 2.36. The van der Waals surface area contributed by atoms with Gasteiger partial charge < -0.3 is 25.0 Å². The van der Waals surface area contributed by atoms with Gasteiger partial charge in [-0.3, -0.25) is 9.59 Å². The van der Waals surface area contributed by atoms with E-state index >= 15 is 0 Å². The zero-order valence-electron chi connectivity index (χ0n) is 13.6. The number of amides is 2. The van der Waals surface area contributed by atoms with Crippen LogP contribution in [0.25, 0.3) is 0 Å². The number of likely N-dealkylation sites (N-methyl/N-ethyl adjacent to an activating group) is 1. The number of ether oxygens (including phenoxy) is 2. The maximum atomic E-state index is 12.4. The highest BCUT2D eigenvalue weighted by molar-refractivity contribution is 5.93. The number of nitrogens with zero attached hydrogens (tertiary/aromatic N) is 3. The van der Waals surface area contributed by atoms with Gasteiger partial charge in [0.05, 0.1) is 26.2 Å². The first-order valence-corrected chi connectivity index (χ1v) is 7.16. The third kappa shape index (κ3) is 3.86. The lowest BCUT2D eigenvalue weighted by atomic mass is 10.0. The molecule has 0 radical (unpaired) electrons. The van der Waals surface area contributed by atoms with Crippen molar-refractivity contribution in [3.63, 3.8) is 0 Å². The monoisotopic (exact) mass is 323 g/mol. The van der Waals surface area contributed by atoms with Crippen molar-refractivity contribution in [2.75, 3.05) is 41.4 Å². The number of nitrogens with one attached hydrogen (secondary N) is 2. The van der Waals surface area contributed by atoms with Crippen LogP contribution in [0.4, 0.5) is 0 Å². The average molecular weight is 323 g/mol. The van der Waals surface area contributed by atoms with Crippen molar-refractivity contribution < 1.29 is 19.1 Å². The molecule has 1 saturated heterocycles. The topological polar surface area (TPSA) is 106 Å². The molecule has 2 N–H and O–H groups in total. The van der Waals surface area contributed by atoms with Crippen molar-refractivity contribution in [2.45, 2.75) is 6.04 Å². The van der Waals surface area contributed by atoms with Gasteiger partial charge in [0.2, 0.25) is 11.8 Å². The normalized spacial score (nSPS) is 20.9. The van der Waals surface area contributed by atoms with Gasteiger partial charge in [0.1, 0.15) is 5.69 Å². The van der Waals surface area contributed by atoms with Crippen LogP contribution in [0.1, 0.15) is 10.5 Å². The summed E-state index contributed by atoms with van der Waals surface area (Å²) in [4.78, 5) is 34.3. The molecule has 2 heterocycles. The molecule has 0 unspecified atom stereocenters. The molecule has 1 fully saturated rings. The molecule has 1 aliphatic heterocycles. The fourth-order valence-electron chi connectivity index (χ4n) is 2.56. The molecule has 0 bridgehead atoms. The minimum Gasteiger partial charge on any atom is -0.481 e. The first-order valence-electron chi connectivity index (χ1n) is 7.16. The number of carbonyl (C=O) groups excluding carboxylic acids is 2. The Labute approximate surface area is 134 Å². The van der Waals surface area contributed by atoms with E-state index < -0.39 is 5.91 Å². The third-order valence-electron chi connectivity index (χ3n) is 3.71. The van der Waals surface area contributed by atoms with Gasteiger partial charge >= 0.3 is 6.01 Å². The second-order valence-corrected chi connectivity index (χ2v) is 5.30. The molecule has 126 valence electrons. The fraction of sp³-hybridized carbons (Fsp3) is 0.571. The van der Waals surface area contributed by atoms with E-state index in [9.17, 15) is 9.59 Å². The van der Waals surface area contributed by atoms with Gasteiger partial charge in [-0.05, 0) is 7.05 Å². The van der Waals surface area contributed by atoms with Crippen molar-refractivity contribution >= 4 is 11.8 Å². The average Bonchev–Trinajstić information content (AvgIpc) is 2.93. The van der Waals surface area contributed by atoms with E-state index in [-0.39, 0.29) is 35.5 Å². The van der Waals surface area contributed by atoms with Gasteiger partial charge in [-0.2, -0.15) is 9.97 Å². The van der Waals surface area contributed by atoms with E-state index in [1.54, 1.807) is 7.05 Å². The number of rotatable bonds is 5. The fourth-order valence-corrected chi connectivity index (χ4v) is 2.56. The zero-order valence-corrected chi connectivity index (χ0v) is 13.6. The Kier molecular flexibility index (Phi) is 5.32.